The van der Waals surface area contributed by atoms with Crippen molar-refractivity contribution < 1.29 is 9.53 Å². The highest BCUT2D eigenvalue weighted by atomic mass is 32.2. The smallest absolute Gasteiger partial charge is 0.230 e. The number of nitrogen functional groups attached to an aromatic ring is 1. The predicted octanol–water partition coefficient (Wildman–Crippen LogP) is 4.75. The molecule has 1 unspecified atom stereocenters. The summed E-state index contributed by atoms with van der Waals surface area (Å²) in [7, 11) is 0. The van der Waals surface area contributed by atoms with Gasteiger partial charge in [-0.3, -0.25) is 4.79 Å². The van der Waals surface area contributed by atoms with Crippen molar-refractivity contribution in [2.24, 2.45) is 0 Å². The van der Waals surface area contributed by atoms with Gasteiger partial charge in [-0.25, -0.2) is 4.68 Å². The highest BCUT2D eigenvalue weighted by molar-refractivity contribution is 7.99. The molecule has 176 valence electrons. The third kappa shape index (κ3) is 6.74. The number of ether oxygens (including phenoxy) is 1. The zero-order valence-electron chi connectivity index (χ0n) is 19.7. The van der Waals surface area contributed by atoms with E-state index in [2.05, 4.69) is 48.4 Å². The second-order valence-corrected chi connectivity index (χ2v) is 9.30. The van der Waals surface area contributed by atoms with Gasteiger partial charge in [0.1, 0.15) is 12.4 Å². The number of hydrogen-bond acceptors (Lipinski definition) is 6. The Balaban J connectivity index is 1.58. The van der Waals surface area contributed by atoms with Crippen LogP contribution in [0.15, 0.2) is 53.7 Å². The average molecular weight is 468 g/mol. The molecule has 1 heterocycles. The maximum atomic E-state index is 12.6. The lowest BCUT2D eigenvalue weighted by Gasteiger charge is -2.18. The summed E-state index contributed by atoms with van der Waals surface area (Å²) in [5.74, 6) is 7.99. The van der Waals surface area contributed by atoms with Gasteiger partial charge < -0.3 is 15.9 Å². The molecule has 1 amide bonds. The topological polar surface area (TPSA) is 95.1 Å². The fraction of sp³-hybridized carbons (Fsp3) is 0.400. The number of nitrogens with zero attached hydrogens (tertiary/aromatic N) is 3. The zero-order chi connectivity index (χ0) is 23.8. The Morgan fingerprint density at radius 2 is 1.94 bits per heavy atom. The molecule has 3 N–H and O–H groups in total. The fourth-order valence-electron chi connectivity index (χ4n) is 3.55. The molecule has 0 saturated heterocycles. The fourth-order valence-corrected chi connectivity index (χ4v) is 4.24. The molecule has 0 aliphatic heterocycles. The van der Waals surface area contributed by atoms with E-state index >= 15 is 0 Å². The van der Waals surface area contributed by atoms with Crippen molar-refractivity contribution in [2.45, 2.75) is 64.3 Å². The standard InChI is InChI=1S/C25H33N5O2S/c1-5-9-21(19-10-7-6-8-11-19)27-24(31)16-33-25-29-28-23(30(25)26)15-32-22-14-18(4)12-13-20(22)17(2)3/h6-8,10-14,17,21H,5,9,15-16,26H2,1-4H3,(H,27,31). The maximum Gasteiger partial charge on any atom is 0.230 e. The monoisotopic (exact) mass is 467 g/mol. The first-order valence-electron chi connectivity index (χ1n) is 11.3. The SMILES string of the molecule is CCCC(NC(=O)CSc1nnc(COc2cc(C)ccc2C(C)C)n1N)c1ccccc1. The molecular formula is C25H33N5O2S. The molecule has 1 aromatic heterocycles. The Hall–Kier alpha value is -3.00. The Bertz CT molecular complexity index is 1050. The summed E-state index contributed by atoms with van der Waals surface area (Å²) in [5.41, 5.74) is 3.37. The van der Waals surface area contributed by atoms with Crippen molar-refractivity contribution in [1.29, 1.82) is 0 Å². The third-order valence-corrected chi connectivity index (χ3v) is 6.27. The quantitative estimate of drug-likeness (QED) is 0.312. The van der Waals surface area contributed by atoms with Crippen LogP contribution in [0.1, 0.15) is 68.1 Å². The van der Waals surface area contributed by atoms with Gasteiger partial charge in [-0.1, -0.05) is 81.4 Å². The van der Waals surface area contributed by atoms with E-state index in [-0.39, 0.29) is 24.3 Å². The van der Waals surface area contributed by atoms with Crippen molar-refractivity contribution in [1.82, 2.24) is 20.2 Å². The minimum Gasteiger partial charge on any atom is -0.485 e. The number of aryl methyl sites for hydroxylation is 1. The van der Waals surface area contributed by atoms with Gasteiger partial charge in [0.25, 0.3) is 0 Å². The Labute approximate surface area is 200 Å². The van der Waals surface area contributed by atoms with E-state index in [0.29, 0.717) is 16.9 Å². The summed E-state index contributed by atoms with van der Waals surface area (Å²) in [5, 5.41) is 11.9. The molecular weight excluding hydrogens is 434 g/mol. The first-order chi connectivity index (χ1) is 15.9. The molecule has 0 aliphatic carbocycles. The van der Waals surface area contributed by atoms with Gasteiger partial charge in [0, 0.05) is 0 Å². The van der Waals surface area contributed by atoms with Crippen LogP contribution in [0, 0.1) is 6.92 Å². The molecule has 8 heteroatoms. The van der Waals surface area contributed by atoms with E-state index in [1.165, 1.54) is 16.4 Å². The van der Waals surface area contributed by atoms with Gasteiger partial charge in [0.15, 0.2) is 5.82 Å². The molecule has 7 nitrogen and oxygen atoms in total. The van der Waals surface area contributed by atoms with Gasteiger partial charge in [-0.05, 0) is 42.0 Å². The Kier molecular flexibility index (Phi) is 8.77. The van der Waals surface area contributed by atoms with E-state index in [1.54, 1.807) is 0 Å². The highest BCUT2D eigenvalue weighted by Gasteiger charge is 2.17. The number of rotatable bonds is 11. The van der Waals surface area contributed by atoms with Crippen LogP contribution < -0.4 is 15.9 Å². The molecule has 0 saturated carbocycles. The van der Waals surface area contributed by atoms with Gasteiger partial charge in [-0.2, -0.15) is 0 Å². The molecule has 33 heavy (non-hydrogen) atoms. The normalized spacial score (nSPS) is 12.0. The maximum absolute atomic E-state index is 12.6. The minimum atomic E-state index is -0.0653. The van der Waals surface area contributed by atoms with Crippen LogP contribution in [0.25, 0.3) is 0 Å². The van der Waals surface area contributed by atoms with Gasteiger partial charge in [0.05, 0.1) is 11.8 Å². The molecule has 0 aliphatic rings. The van der Waals surface area contributed by atoms with Crippen LogP contribution >= 0.6 is 11.8 Å². The van der Waals surface area contributed by atoms with Gasteiger partial charge in [-0.15, -0.1) is 10.2 Å². The van der Waals surface area contributed by atoms with E-state index in [9.17, 15) is 4.79 Å². The van der Waals surface area contributed by atoms with Crippen molar-refractivity contribution in [3.8, 4) is 5.75 Å². The van der Waals surface area contributed by atoms with Crippen LogP contribution in [-0.2, 0) is 11.4 Å². The minimum absolute atomic E-state index is 0.00603. The van der Waals surface area contributed by atoms with E-state index in [0.717, 1.165) is 35.3 Å². The molecule has 2 aromatic carbocycles. The van der Waals surface area contributed by atoms with Crippen molar-refractivity contribution in [2.75, 3.05) is 11.6 Å². The third-order valence-electron chi connectivity index (χ3n) is 5.33. The second-order valence-electron chi connectivity index (χ2n) is 8.36. The predicted molar refractivity (Wildman–Crippen MR) is 133 cm³/mol. The van der Waals surface area contributed by atoms with Crippen molar-refractivity contribution >= 4 is 17.7 Å². The highest BCUT2D eigenvalue weighted by Crippen LogP contribution is 2.28. The van der Waals surface area contributed by atoms with Crippen LogP contribution in [-0.4, -0.2) is 26.5 Å². The summed E-state index contributed by atoms with van der Waals surface area (Å²) < 4.78 is 7.41. The largest absolute Gasteiger partial charge is 0.485 e. The summed E-state index contributed by atoms with van der Waals surface area (Å²) in [6, 6.07) is 16.2. The first-order valence-corrected chi connectivity index (χ1v) is 12.3. The molecule has 3 rings (SSSR count). The number of amides is 1. The zero-order valence-corrected chi connectivity index (χ0v) is 20.6. The summed E-state index contributed by atoms with van der Waals surface area (Å²) in [6.45, 7) is 8.60. The lowest BCUT2D eigenvalue weighted by molar-refractivity contribution is -0.119. The van der Waals surface area contributed by atoms with E-state index in [4.69, 9.17) is 10.6 Å². The molecule has 0 spiro atoms. The summed E-state index contributed by atoms with van der Waals surface area (Å²) >= 11 is 1.26. The van der Waals surface area contributed by atoms with E-state index in [1.807, 2.05) is 43.3 Å². The Morgan fingerprint density at radius 1 is 1.18 bits per heavy atom. The summed E-state index contributed by atoms with van der Waals surface area (Å²) in [6.07, 6.45) is 1.86. The number of nitrogens with one attached hydrogen (secondary N) is 1. The van der Waals surface area contributed by atoms with Crippen molar-refractivity contribution in [3.05, 3.63) is 71.0 Å². The Morgan fingerprint density at radius 3 is 2.64 bits per heavy atom. The second kappa shape index (κ2) is 11.7. The number of thioether (sulfide) groups is 1. The van der Waals surface area contributed by atoms with Gasteiger partial charge >= 0.3 is 0 Å². The number of aromatic nitrogens is 3. The lowest BCUT2D eigenvalue weighted by Crippen LogP contribution is -2.30. The lowest BCUT2D eigenvalue weighted by atomic mass is 10.0. The van der Waals surface area contributed by atoms with Crippen LogP contribution in [0.2, 0.25) is 0 Å². The molecule has 1 atom stereocenters. The number of benzene rings is 2. The van der Waals surface area contributed by atoms with Crippen LogP contribution in [0.3, 0.4) is 0 Å². The molecule has 3 aromatic rings. The number of hydrogen-bond donors (Lipinski definition) is 2. The molecule has 0 fully saturated rings. The number of nitrogens with two attached hydrogens (primary N) is 1. The molecule has 0 radical (unpaired) electrons. The van der Waals surface area contributed by atoms with Gasteiger partial charge in [0.2, 0.25) is 11.1 Å². The average Bonchev–Trinajstić information content (AvgIpc) is 3.15. The molecule has 0 bridgehead atoms. The summed E-state index contributed by atoms with van der Waals surface area (Å²) in [4.78, 5) is 12.6. The first kappa shape index (κ1) is 24.6. The van der Waals surface area contributed by atoms with Crippen LogP contribution in [0.4, 0.5) is 0 Å². The van der Waals surface area contributed by atoms with Crippen molar-refractivity contribution in [3.63, 3.8) is 0 Å². The number of carbonyl (C=O) groups excluding carboxylic acids is 1. The number of carbonyl (C=O) groups is 1. The van der Waals surface area contributed by atoms with Crippen LogP contribution in [0.5, 0.6) is 5.75 Å². The van der Waals surface area contributed by atoms with E-state index < -0.39 is 0 Å².